The molecule has 90 valence electrons. The Labute approximate surface area is 100.0 Å². The molecule has 4 heteroatoms. The summed E-state index contributed by atoms with van der Waals surface area (Å²) in [5.74, 6) is -1.47. The van der Waals surface area contributed by atoms with E-state index in [1.807, 2.05) is 19.9 Å². The third-order valence-corrected chi connectivity index (χ3v) is 2.18. The number of carbonyl (C=O) groups excluding carboxylic acids is 1. The van der Waals surface area contributed by atoms with Crippen molar-refractivity contribution in [2.45, 2.75) is 13.8 Å². The van der Waals surface area contributed by atoms with Crippen molar-refractivity contribution in [3.8, 4) is 0 Å². The lowest BCUT2D eigenvalue weighted by atomic mass is 10.1. The van der Waals surface area contributed by atoms with E-state index in [1.165, 1.54) is 12.1 Å². The van der Waals surface area contributed by atoms with Gasteiger partial charge in [0.1, 0.15) is 0 Å². The van der Waals surface area contributed by atoms with Gasteiger partial charge in [-0.25, -0.2) is 4.79 Å². The average Bonchev–Trinajstić information content (AvgIpc) is 2.28. The number of carboxylic acid groups (broad SMARTS) is 1. The first-order valence-corrected chi connectivity index (χ1v) is 5.26. The van der Waals surface area contributed by atoms with E-state index in [1.54, 1.807) is 12.1 Å². The fourth-order valence-electron chi connectivity index (χ4n) is 1.31. The number of benzene rings is 1. The maximum Gasteiger partial charge on any atom is 0.336 e. The summed E-state index contributed by atoms with van der Waals surface area (Å²) in [6.45, 7) is 4.25. The number of allylic oxidation sites excluding steroid dienone is 1. The molecule has 0 aliphatic carbocycles. The van der Waals surface area contributed by atoms with Crippen LogP contribution in [0.5, 0.6) is 0 Å². The molecule has 1 rings (SSSR count). The summed E-state index contributed by atoms with van der Waals surface area (Å²) in [6, 6.07) is 6.15. The molecule has 0 aliphatic rings. The lowest BCUT2D eigenvalue weighted by Crippen LogP contribution is -2.25. The fourth-order valence-corrected chi connectivity index (χ4v) is 1.31. The minimum Gasteiger partial charge on any atom is -0.478 e. The molecule has 0 radical (unpaired) electrons. The van der Waals surface area contributed by atoms with Crippen LogP contribution >= 0.6 is 0 Å². The fraction of sp³-hybridized carbons (Fsp3) is 0.231. The van der Waals surface area contributed by atoms with E-state index in [0.29, 0.717) is 6.54 Å². The largest absolute Gasteiger partial charge is 0.478 e. The molecule has 0 aliphatic heterocycles. The van der Waals surface area contributed by atoms with Gasteiger partial charge in [0.25, 0.3) is 5.91 Å². The number of carbonyl (C=O) groups is 2. The average molecular weight is 233 g/mol. The zero-order valence-electron chi connectivity index (χ0n) is 9.86. The van der Waals surface area contributed by atoms with Crippen molar-refractivity contribution in [1.82, 2.24) is 5.32 Å². The molecule has 0 bridgehead atoms. The Balaban J connectivity index is 2.82. The van der Waals surface area contributed by atoms with E-state index in [-0.39, 0.29) is 17.0 Å². The molecule has 0 fully saturated rings. The molecule has 0 unspecified atom stereocenters. The molecule has 2 N–H and O–H groups in total. The van der Waals surface area contributed by atoms with Crippen LogP contribution in [-0.4, -0.2) is 23.5 Å². The molecule has 1 aromatic rings. The van der Waals surface area contributed by atoms with Gasteiger partial charge in [-0.3, -0.25) is 4.79 Å². The second-order valence-corrected chi connectivity index (χ2v) is 3.84. The van der Waals surface area contributed by atoms with E-state index in [4.69, 9.17) is 5.11 Å². The second kappa shape index (κ2) is 5.84. The van der Waals surface area contributed by atoms with Crippen molar-refractivity contribution in [2.24, 2.45) is 0 Å². The maximum atomic E-state index is 11.7. The zero-order chi connectivity index (χ0) is 12.8. The number of hydrogen-bond acceptors (Lipinski definition) is 2. The summed E-state index contributed by atoms with van der Waals surface area (Å²) in [7, 11) is 0. The van der Waals surface area contributed by atoms with Crippen molar-refractivity contribution in [1.29, 1.82) is 0 Å². The Morgan fingerprint density at radius 2 is 1.82 bits per heavy atom. The van der Waals surface area contributed by atoms with Crippen molar-refractivity contribution < 1.29 is 14.7 Å². The Morgan fingerprint density at radius 3 is 2.35 bits per heavy atom. The highest BCUT2D eigenvalue weighted by molar-refractivity contribution is 6.04. The molecule has 0 saturated carbocycles. The van der Waals surface area contributed by atoms with Gasteiger partial charge in [-0.15, -0.1) is 0 Å². The predicted molar refractivity (Wildman–Crippen MR) is 65.2 cm³/mol. The summed E-state index contributed by atoms with van der Waals surface area (Å²) in [5, 5.41) is 11.6. The van der Waals surface area contributed by atoms with Gasteiger partial charge >= 0.3 is 5.97 Å². The highest BCUT2D eigenvalue weighted by Crippen LogP contribution is 2.08. The van der Waals surface area contributed by atoms with Crippen molar-refractivity contribution in [3.63, 3.8) is 0 Å². The Hall–Kier alpha value is -2.10. The first-order valence-electron chi connectivity index (χ1n) is 5.26. The van der Waals surface area contributed by atoms with Crippen LogP contribution in [0.1, 0.15) is 34.6 Å². The molecule has 0 spiro atoms. The van der Waals surface area contributed by atoms with Crippen LogP contribution in [0.25, 0.3) is 0 Å². The van der Waals surface area contributed by atoms with Crippen LogP contribution in [0.15, 0.2) is 35.9 Å². The predicted octanol–water partition coefficient (Wildman–Crippen LogP) is 2.08. The number of nitrogens with one attached hydrogen (secondary N) is 1. The first-order chi connectivity index (χ1) is 8.02. The van der Waals surface area contributed by atoms with Crippen molar-refractivity contribution in [2.75, 3.05) is 6.54 Å². The summed E-state index contributed by atoms with van der Waals surface area (Å²) < 4.78 is 0. The number of amides is 1. The summed E-state index contributed by atoms with van der Waals surface area (Å²) >= 11 is 0. The lowest BCUT2D eigenvalue weighted by molar-refractivity contribution is 0.0691. The van der Waals surface area contributed by atoms with E-state index in [2.05, 4.69) is 5.32 Å². The van der Waals surface area contributed by atoms with Crippen molar-refractivity contribution in [3.05, 3.63) is 47.0 Å². The normalized spacial score (nSPS) is 9.53. The van der Waals surface area contributed by atoms with E-state index >= 15 is 0 Å². The second-order valence-electron chi connectivity index (χ2n) is 3.84. The van der Waals surface area contributed by atoms with Gasteiger partial charge in [0.05, 0.1) is 11.1 Å². The molecular weight excluding hydrogens is 218 g/mol. The lowest BCUT2D eigenvalue weighted by Gasteiger charge is -2.05. The molecule has 4 nitrogen and oxygen atoms in total. The van der Waals surface area contributed by atoms with Crippen LogP contribution in [0.2, 0.25) is 0 Å². The molecule has 17 heavy (non-hydrogen) atoms. The first kappa shape index (κ1) is 13.0. The number of aromatic carboxylic acids is 1. The quantitative estimate of drug-likeness (QED) is 0.782. The van der Waals surface area contributed by atoms with Crippen LogP contribution in [0, 0.1) is 0 Å². The smallest absolute Gasteiger partial charge is 0.336 e. The van der Waals surface area contributed by atoms with Gasteiger partial charge in [-0.05, 0) is 26.0 Å². The topological polar surface area (TPSA) is 66.4 Å². The summed E-state index contributed by atoms with van der Waals surface area (Å²) in [5.41, 5.74) is 1.29. The summed E-state index contributed by atoms with van der Waals surface area (Å²) in [6.07, 6.45) is 1.86. The number of rotatable bonds is 4. The minimum absolute atomic E-state index is 0.0159. The van der Waals surface area contributed by atoms with E-state index < -0.39 is 5.97 Å². The molecule has 1 amide bonds. The van der Waals surface area contributed by atoms with E-state index in [0.717, 1.165) is 5.57 Å². The van der Waals surface area contributed by atoms with Crippen molar-refractivity contribution >= 4 is 11.9 Å². The Morgan fingerprint density at radius 1 is 1.24 bits per heavy atom. The van der Waals surface area contributed by atoms with E-state index in [9.17, 15) is 9.59 Å². The highest BCUT2D eigenvalue weighted by Gasteiger charge is 2.14. The van der Waals surface area contributed by atoms with Crippen LogP contribution in [0.4, 0.5) is 0 Å². The third kappa shape index (κ3) is 3.75. The van der Waals surface area contributed by atoms with Gasteiger partial charge in [0, 0.05) is 6.54 Å². The monoisotopic (exact) mass is 233 g/mol. The highest BCUT2D eigenvalue weighted by atomic mass is 16.4. The molecule has 0 aromatic heterocycles. The molecule has 0 saturated heterocycles. The number of carboxylic acids is 1. The van der Waals surface area contributed by atoms with Crippen LogP contribution < -0.4 is 5.32 Å². The maximum absolute atomic E-state index is 11.7. The van der Waals surface area contributed by atoms with Gasteiger partial charge in [-0.2, -0.15) is 0 Å². The summed E-state index contributed by atoms with van der Waals surface area (Å²) in [4.78, 5) is 22.7. The van der Waals surface area contributed by atoms with Crippen LogP contribution in [0.3, 0.4) is 0 Å². The molecule has 1 aromatic carbocycles. The minimum atomic E-state index is -1.10. The molecule has 0 atom stereocenters. The molecular formula is C13H15NO3. The SMILES string of the molecule is CC(C)=CCNC(=O)c1ccccc1C(=O)O. The zero-order valence-corrected chi connectivity index (χ0v) is 9.86. The van der Waals surface area contributed by atoms with Gasteiger partial charge in [0.2, 0.25) is 0 Å². The standard InChI is InChI=1S/C13H15NO3/c1-9(2)7-8-14-12(15)10-5-3-4-6-11(10)13(16)17/h3-7H,8H2,1-2H3,(H,14,15)(H,16,17). The van der Waals surface area contributed by atoms with Gasteiger partial charge in [0.15, 0.2) is 0 Å². The van der Waals surface area contributed by atoms with Crippen LogP contribution in [-0.2, 0) is 0 Å². The Bertz CT molecular complexity index is 459. The van der Waals surface area contributed by atoms with Gasteiger partial charge < -0.3 is 10.4 Å². The van der Waals surface area contributed by atoms with Gasteiger partial charge in [-0.1, -0.05) is 23.8 Å². The molecule has 0 heterocycles. The number of hydrogen-bond donors (Lipinski definition) is 2. The third-order valence-electron chi connectivity index (χ3n) is 2.18. The Kier molecular flexibility index (Phi) is 4.46.